The number of nitrogens with zero attached hydrogens (tertiary/aromatic N) is 2. The molecule has 3 aliphatic carbocycles. The predicted molar refractivity (Wildman–Crippen MR) is 153 cm³/mol. The van der Waals surface area contributed by atoms with Crippen LogP contribution in [0.2, 0.25) is 0 Å². The summed E-state index contributed by atoms with van der Waals surface area (Å²) in [7, 11) is 0. The number of nitrogens with one attached hydrogen (secondary N) is 1. The average molecular weight is 528 g/mol. The van der Waals surface area contributed by atoms with Gasteiger partial charge in [-0.05, 0) is 105 Å². The third-order valence-electron chi connectivity index (χ3n) is 11.0. The highest BCUT2D eigenvalue weighted by Crippen LogP contribution is 2.51. The van der Waals surface area contributed by atoms with Gasteiger partial charge < -0.3 is 15.0 Å². The topological polar surface area (TPSA) is 54.5 Å². The highest BCUT2D eigenvalue weighted by atomic mass is 16.5. The summed E-state index contributed by atoms with van der Waals surface area (Å²) < 4.78 is 6.47. The maximum absolute atomic E-state index is 13.4. The molecule has 2 saturated carbocycles. The second-order valence-electron chi connectivity index (χ2n) is 13.8. The Labute approximate surface area is 234 Å². The number of amides is 1. The fraction of sp³-hybridized carbons (Fsp3) is 0.647. The van der Waals surface area contributed by atoms with Crippen molar-refractivity contribution in [2.24, 2.45) is 5.41 Å². The SMILES string of the molecule is CC1(CC(=O)N2CCc3cccc4c3C2CCC4NCC[C@@]2(c3ccccn3)CCOC3(CCCC3)C2)CC1. The van der Waals surface area contributed by atoms with Crippen LogP contribution in [0.15, 0.2) is 42.6 Å². The number of rotatable bonds is 7. The van der Waals surface area contributed by atoms with Gasteiger partial charge in [-0.3, -0.25) is 9.78 Å². The number of carbonyl (C=O) groups is 1. The molecular weight excluding hydrogens is 482 g/mol. The Hall–Kier alpha value is -2.24. The fourth-order valence-corrected chi connectivity index (χ4v) is 8.54. The van der Waals surface area contributed by atoms with E-state index in [4.69, 9.17) is 9.72 Å². The molecule has 2 aliphatic heterocycles. The fourth-order valence-electron chi connectivity index (χ4n) is 8.54. The van der Waals surface area contributed by atoms with Crippen molar-refractivity contribution in [1.82, 2.24) is 15.2 Å². The number of hydrogen-bond donors (Lipinski definition) is 1. The molecule has 1 N–H and O–H groups in total. The average Bonchev–Trinajstić information content (AvgIpc) is 3.52. The molecule has 3 atom stereocenters. The van der Waals surface area contributed by atoms with E-state index in [2.05, 4.69) is 47.5 Å². The van der Waals surface area contributed by atoms with Crippen molar-refractivity contribution in [1.29, 1.82) is 0 Å². The molecule has 7 rings (SSSR count). The van der Waals surface area contributed by atoms with Crippen molar-refractivity contribution in [3.8, 4) is 0 Å². The molecule has 5 nitrogen and oxygen atoms in total. The second-order valence-corrected chi connectivity index (χ2v) is 13.8. The van der Waals surface area contributed by atoms with Gasteiger partial charge in [-0.25, -0.2) is 0 Å². The van der Waals surface area contributed by atoms with Crippen molar-refractivity contribution in [3.63, 3.8) is 0 Å². The van der Waals surface area contributed by atoms with E-state index >= 15 is 0 Å². The minimum Gasteiger partial charge on any atom is -0.375 e. The molecule has 0 bridgehead atoms. The first-order valence-corrected chi connectivity index (χ1v) is 15.7. The monoisotopic (exact) mass is 527 g/mol. The quantitative estimate of drug-likeness (QED) is 0.442. The van der Waals surface area contributed by atoms with Gasteiger partial charge in [-0.1, -0.05) is 44.0 Å². The third kappa shape index (κ3) is 4.84. The minimum absolute atomic E-state index is 0.0554. The Morgan fingerprint density at radius 3 is 2.74 bits per heavy atom. The van der Waals surface area contributed by atoms with Gasteiger partial charge in [0, 0.05) is 42.9 Å². The molecular formula is C34H45N3O2. The van der Waals surface area contributed by atoms with Crippen molar-refractivity contribution >= 4 is 5.91 Å². The first-order chi connectivity index (χ1) is 19.0. The summed E-state index contributed by atoms with van der Waals surface area (Å²) in [6.07, 6.45) is 16.5. The Bertz CT molecular complexity index is 1200. The summed E-state index contributed by atoms with van der Waals surface area (Å²) in [4.78, 5) is 20.5. The lowest BCUT2D eigenvalue weighted by molar-refractivity contribution is -0.135. The van der Waals surface area contributed by atoms with E-state index < -0.39 is 0 Å². The molecule has 5 heteroatoms. The number of hydrogen-bond acceptors (Lipinski definition) is 4. The Kier molecular flexibility index (Phi) is 6.59. The van der Waals surface area contributed by atoms with Crippen LogP contribution in [0.4, 0.5) is 0 Å². The lowest BCUT2D eigenvalue weighted by Gasteiger charge is -2.47. The number of ether oxygens (including phenoxy) is 1. The van der Waals surface area contributed by atoms with Crippen LogP contribution in [-0.4, -0.2) is 41.1 Å². The van der Waals surface area contributed by atoms with Crippen LogP contribution in [0, 0.1) is 5.41 Å². The summed E-state index contributed by atoms with van der Waals surface area (Å²) in [5, 5.41) is 4.01. The molecule has 3 heterocycles. The molecule has 1 spiro atoms. The zero-order valence-electron chi connectivity index (χ0n) is 23.7. The smallest absolute Gasteiger partial charge is 0.223 e. The van der Waals surface area contributed by atoms with Crippen molar-refractivity contribution in [2.75, 3.05) is 19.7 Å². The first-order valence-electron chi connectivity index (χ1n) is 15.7. The lowest BCUT2D eigenvalue weighted by Crippen LogP contribution is -2.48. The van der Waals surface area contributed by atoms with E-state index in [1.807, 2.05) is 12.3 Å². The maximum atomic E-state index is 13.4. The normalized spacial score (nSPS) is 30.2. The Morgan fingerprint density at radius 1 is 1.08 bits per heavy atom. The zero-order valence-corrected chi connectivity index (χ0v) is 23.7. The van der Waals surface area contributed by atoms with E-state index in [9.17, 15) is 4.79 Å². The molecule has 2 aromatic rings. The summed E-state index contributed by atoms with van der Waals surface area (Å²) in [6.45, 7) is 4.98. The molecule has 3 fully saturated rings. The van der Waals surface area contributed by atoms with Crippen LogP contribution in [0.3, 0.4) is 0 Å². The van der Waals surface area contributed by atoms with Gasteiger partial charge in [0.15, 0.2) is 0 Å². The van der Waals surface area contributed by atoms with Crippen LogP contribution in [-0.2, 0) is 21.4 Å². The third-order valence-corrected chi connectivity index (χ3v) is 11.0. The lowest BCUT2D eigenvalue weighted by atomic mass is 9.68. The van der Waals surface area contributed by atoms with Gasteiger partial charge >= 0.3 is 0 Å². The van der Waals surface area contributed by atoms with Gasteiger partial charge in [0.25, 0.3) is 0 Å². The standard InChI is InChI=1S/C34H45N3O2/c1-32(15-16-32)23-30(38)37-21-12-25-7-6-8-26-27(10-11-28(37)31(25)26)35-20-17-33(29-9-2-5-19-36-29)18-22-39-34(24-33)13-3-4-14-34/h2,5-9,19,27-28,35H,3-4,10-18,20-24H2,1H3/t27?,28?,33-/m1/s1. The van der Waals surface area contributed by atoms with Gasteiger partial charge in [0.05, 0.1) is 11.6 Å². The van der Waals surface area contributed by atoms with E-state index in [1.54, 1.807) is 0 Å². The number of pyridine rings is 1. The molecule has 1 saturated heterocycles. The molecule has 1 amide bonds. The largest absolute Gasteiger partial charge is 0.375 e. The van der Waals surface area contributed by atoms with Gasteiger partial charge in [-0.15, -0.1) is 0 Å². The van der Waals surface area contributed by atoms with Crippen molar-refractivity contribution in [3.05, 3.63) is 65.0 Å². The minimum atomic E-state index is 0.0554. The van der Waals surface area contributed by atoms with Crippen LogP contribution in [0.1, 0.15) is 118 Å². The summed E-state index contributed by atoms with van der Waals surface area (Å²) in [6, 6.07) is 13.9. The molecule has 5 aliphatic rings. The van der Waals surface area contributed by atoms with E-state index in [0.717, 1.165) is 64.6 Å². The van der Waals surface area contributed by atoms with E-state index in [1.165, 1.54) is 60.9 Å². The van der Waals surface area contributed by atoms with Crippen molar-refractivity contribution < 1.29 is 9.53 Å². The summed E-state index contributed by atoms with van der Waals surface area (Å²) in [5.74, 6) is 0.379. The molecule has 0 radical (unpaired) electrons. The Balaban J connectivity index is 1.09. The van der Waals surface area contributed by atoms with Crippen LogP contribution >= 0.6 is 0 Å². The molecule has 208 valence electrons. The van der Waals surface area contributed by atoms with Crippen LogP contribution in [0.25, 0.3) is 0 Å². The van der Waals surface area contributed by atoms with Crippen LogP contribution < -0.4 is 5.32 Å². The molecule has 39 heavy (non-hydrogen) atoms. The number of aromatic nitrogens is 1. The zero-order chi connectivity index (χ0) is 26.5. The summed E-state index contributed by atoms with van der Waals surface area (Å²) >= 11 is 0. The van der Waals surface area contributed by atoms with Gasteiger partial charge in [-0.2, -0.15) is 0 Å². The van der Waals surface area contributed by atoms with Crippen LogP contribution in [0.5, 0.6) is 0 Å². The highest BCUT2D eigenvalue weighted by molar-refractivity contribution is 5.78. The van der Waals surface area contributed by atoms with E-state index in [-0.39, 0.29) is 22.5 Å². The Morgan fingerprint density at radius 2 is 1.95 bits per heavy atom. The second kappa shape index (κ2) is 9.99. The van der Waals surface area contributed by atoms with Gasteiger partial charge in [0.2, 0.25) is 5.91 Å². The highest BCUT2D eigenvalue weighted by Gasteiger charge is 2.49. The number of benzene rings is 1. The molecule has 2 unspecified atom stereocenters. The maximum Gasteiger partial charge on any atom is 0.223 e. The predicted octanol–water partition coefficient (Wildman–Crippen LogP) is 6.57. The first kappa shape index (κ1) is 25.7. The van der Waals surface area contributed by atoms with Gasteiger partial charge in [0.1, 0.15) is 0 Å². The van der Waals surface area contributed by atoms with E-state index in [0.29, 0.717) is 11.9 Å². The number of carbonyl (C=O) groups excluding carboxylic acids is 1. The van der Waals surface area contributed by atoms with Crippen molar-refractivity contribution in [2.45, 2.75) is 113 Å². The molecule has 1 aromatic carbocycles. The molecule has 1 aromatic heterocycles. The summed E-state index contributed by atoms with van der Waals surface area (Å²) in [5.41, 5.74) is 6.00.